The molecule has 0 aromatic carbocycles. The number of ether oxygens (including phenoxy) is 1. The van der Waals surface area contributed by atoms with Crippen LogP contribution >= 0.6 is 0 Å². The molecule has 1 aliphatic heterocycles. The third kappa shape index (κ3) is 2.90. The molecule has 5 nitrogen and oxygen atoms in total. The minimum atomic E-state index is -0.130. The number of aryl methyl sites for hydroxylation is 1. The summed E-state index contributed by atoms with van der Waals surface area (Å²) in [5, 5.41) is 3.26. The minimum Gasteiger partial charge on any atom is -0.375 e. The molecule has 0 amide bonds. The van der Waals surface area contributed by atoms with Gasteiger partial charge in [-0.3, -0.25) is 4.79 Å². The van der Waals surface area contributed by atoms with Crippen LogP contribution in [0.15, 0.2) is 17.2 Å². The Balaban J connectivity index is 2.12. The van der Waals surface area contributed by atoms with Crippen molar-refractivity contribution in [1.82, 2.24) is 9.55 Å². The molecule has 5 heteroatoms. The second kappa shape index (κ2) is 5.10. The molecule has 0 bridgehead atoms. The van der Waals surface area contributed by atoms with Gasteiger partial charge in [0.25, 0.3) is 5.56 Å². The molecular weight excluding hydrogens is 230 g/mol. The van der Waals surface area contributed by atoms with Gasteiger partial charge in [0.2, 0.25) is 0 Å². The monoisotopic (exact) mass is 251 g/mol. The van der Waals surface area contributed by atoms with Crippen LogP contribution in [-0.2, 0) is 11.3 Å². The van der Waals surface area contributed by atoms with E-state index in [0.717, 1.165) is 19.4 Å². The van der Waals surface area contributed by atoms with E-state index in [2.05, 4.69) is 24.1 Å². The lowest BCUT2D eigenvalue weighted by molar-refractivity contribution is -0.0553. The van der Waals surface area contributed by atoms with Gasteiger partial charge in [0.15, 0.2) is 5.82 Å². The van der Waals surface area contributed by atoms with Crippen molar-refractivity contribution in [3.05, 3.63) is 22.7 Å². The average molecular weight is 251 g/mol. The first-order valence-corrected chi connectivity index (χ1v) is 6.48. The largest absolute Gasteiger partial charge is 0.375 e. The molecule has 1 fully saturated rings. The van der Waals surface area contributed by atoms with E-state index in [-0.39, 0.29) is 17.2 Å². The van der Waals surface area contributed by atoms with Crippen molar-refractivity contribution in [2.24, 2.45) is 0 Å². The summed E-state index contributed by atoms with van der Waals surface area (Å²) < 4.78 is 7.32. The van der Waals surface area contributed by atoms with E-state index < -0.39 is 0 Å². The first-order valence-electron chi connectivity index (χ1n) is 6.48. The van der Waals surface area contributed by atoms with Crippen LogP contribution in [-0.4, -0.2) is 27.8 Å². The van der Waals surface area contributed by atoms with Crippen molar-refractivity contribution in [3.63, 3.8) is 0 Å². The fourth-order valence-electron chi connectivity index (χ4n) is 2.34. The molecular formula is C13H21N3O2. The zero-order valence-electron chi connectivity index (χ0n) is 11.3. The van der Waals surface area contributed by atoms with Gasteiger partial charge in [0, 0.05) is 31.6 Å². The standard InChI is InChI=1S/C13H21N3O2/c1-4-16-7-6-14-11(12(16)17)15-10-5-8-18-13(2,3)9-10/h6-7,10H,4-5,8-9H2,1-3H3,(H,14,15). The van der Waals surface area contributed by atoms with Gasteiger partial charge >= 0.3 is 0 Å². The summed E-state index contributed by atoms with van der Waals surface area (Å²) in [7, 11) is 0. The SMILES string of the molecule is CCn1ccnc(NC2CCOC(C)(C)C2)c1=O. The smallest absolute Gasteiger partial charge is 0.293 e. The predicted octanol–water partition coefficient (Wildman–Crippen LogP) is 1.63. The molecule has 0 aliphatic carbocycles. The van der Waals surface area contributed by atoms with Crippen molar-refractivity contribution in [2.75, 3.05) is 11.9 Å². The van der Waals surface area contributed by atoms with Gasteiger partial charge in [0.05, 0.1) is 5.60 Å². The molecule has 1 aromatic rings. The van der Waals surface area contributed by atoms with Crippen LogP contribution in [0, 0.1) is 0 Å². The normalized spacial score (nSPS) is 22.7. The highest BCUT2D eigenvalue weighted by Gasteiger charge is 2.29. The maximum absolute atomic E-state index is 12.0. The van der Waals surface area contributed by atoms with Crippen LogP contribution in [0.4, 0.5) is 5.82 Å². The highest BCUT2D eigenvalue weighted by molar-refractivity contribution is 5.32. The Morgan fingerprint density at radius 1 is 1.61 bits per heavy atom. The Labute approximate surface area is 107 Å². The van der Waals surface area contributed by atoms with E-state index in [4.69, 9.17) is 4.74 Å². The maximum atomic E-state index is 12.0. The first kappa shape index (κ1) is 13.1. The Hall–Kier alpha value is -1.36. The molecule has 0 saturated carbocycles. The van der Waals surface area contributed by atoms with Gasteiger partial charge in [-0.25, -0.2) is 4.98 Å². The maximum Gasteiger partial charge on any atom is 0.293 e. The fraction of sp³-hybridized carbons (Fsp3) is 0.692. The predicted molar refractivity (Wildman–Crippen MR) is 70.8 cm³/mol. The summed E-state index contributed by atoms with van der Waals surface area (Å²) in [6, 6.07) is 0.252. The van der Waals surface area contributed by atoms with E-state index in [9.17, 15) is 4.79 Å². The molecule has 0 radical (unpaired) electrons. The van der Waals surface area contributed by atoms with Crippen molar-refractivity contribution >= 4 is 5.82 Å². The molecule has 1 aromatic heterocycles. The van der Waals surface area contributed by atoms with Gasteiger partial charge in [-0.05, 0) is 33.6 Å². The minimum absolute atomic E-state index is 0.0516. The summed E-state index contributed by atoms with van der Waals surface area (Å²) >= 11 is 0. The number of aromatic nitrogens is 2. The van der Waals surface area contributed by atoms with Crippen LogP contribution < -0.4 is 10.9 Å². The van der Waals surface area contributed by atoms with Gasteiger partial charge in [-0.2, -0.15) is 0 Å². The molecule has 1 aliphatic rings. The van der Waals surface area contributed by atoms with Crippen LogP contribution in [0.1, 0.15) is 33.6 Å². The Morgan fingerprint density at radius 2 is 2.39 bits per heavy atom. The number of anilines is 1. The molecule has 2 rings (SSSR count). The number of nitrogens with one attached hydrogen (secondary N) is 1. The zero-order valence-corrected chi connectivity index (χ0v) is 11.3. The number of hydrogen-bond acceptors (Lipinski definition) is 4. The van der Waals surface area contributed by atoms with Crippen molar-refractivity contribution < 1.29 is 4.74 Å². The average Bonchev–Trinajstić information content (AvgIpc) is 2.31. The topological polar surface area (TPSA) is 56.1 Å². The third-order valence-corrected chi connectivity index (χ3v) is 3.29. The van der Waals surface area contributed by atoms with Gasteiger partial charge in [-0.15, -0.1) is 0 Å². The second-order valence-corrected chi connectivity index (χ2v) is 5.31. The highest BCUT2D eigenvalue weighted by Crippen LogP contribution is 2.25. The second-order valence-electron chi connectivity index (χ2n) is 5.31. The Kier molecular flexibility index (Phi) is 3.71. The van der Waals surface area contributed by atoms with E-state index in [0.29, 0.717) is 12.4 Å². The quantitative estimate of drug-likeness (QED) is 0.887. The number of rotatable bonds is 3. The highest BCUT2D eigenvalue weighted by atomic mass is 16.5. The molecule has 100 valence electrons. The van der Waals surface area contributed by atoms with Gasteiger partial charge in [0.1, 0.15) is 0 Å². The molecule has 1 unspecified atom stereocenters. The Morgan fingerprint density at radius 3 is 3.06 bits per heavy atom. The molecule has 1 saturated heterocycles. The number of hydrogen-bond donors (Lipinski definition) is 1. The molecule has 0 spiro atoms. The van der Waals surface area contributed by atoms with Crippen LogP contribution in [0.2, 0.25) is 0 Å². The van der Waals surface area contributed by atoms with Crippen LogP contribution in [0.25, 0.3) is 0 Å². The zero-order chi connectivity index (χ0) is 13.2. The summed E-state index contributed by atoms with van der Waals surface area (Å²) in [6.45, 7) is 7.48. The molecule has 18 heavy (non-hydrogen) atoms. The first-order chi connectivity index (χ1) is 8.52. The summed E-state index contributed by atoms with van der Waals surface area (Å²) in [5.41, 5.74) is -0.182. The van der Waals surface area contributed by atoms with Crippen LogP contribution in [0.3, 0.4) is 0 Å². The van der Waals surface area contributed by atoms with Gasteiger partial charge in [-0.1, -0.05) is 0 Å². The molecule has 2 heterocycles. The van der Waals surface area contributed by atoms with Crippen molar-refractivity contribution in [1.29, 1.82) is 0 Å². The van der Waals surface area contributed by atoms with Crippen molar-refractivity contribution in [3.8, 4) is 0 Å². The van der Waals surface area contributed by atoms with Gasteiger partial charge < -0.3 is 14.6 Å². The van der Waals surface area contributed by atoms with E-state index in [1.54, 1.807) is 17.0 Å². The molecule has 1 N–H and O–H groups in total. The molecule has 1 atom stereocenters. The lowest BCUT2D eigenvalue weighted by Crippen LogP contribution is -2.41. The lowest BCUT2D eigenvalue weighted by Gasteiger charge is -2.35. The third-order valence-electron chi connectivity index (χ3n) is 3.29. The van der Waals surface area contributed by atoms with Crippen molar-refractivity contribution in [2.45, 2.75) is 51.8 Å². The van der Waals surface area contributed by atoms with E-state index >= 15 is 0 Å². The van der Waals surface area contributed by atoms with Crippen LogP contribution in [0.5, 0.6) is 0 Å². The fourth-order valence-corrected chi connectivity index (χ4v) is 2.34. The Bertz CT molecular complexity index is 468. The number of nitrogens with zero attached hydrogens (tertiary/aromatic N) is 2. The summed E-state index contributed by atoms with van der Waals surface area (Å²) in [5.74, 6) is 0.446. The summed E-state index contributed by atoms with van der Waals surface area (Å²) in [6.07, 6.45) is 5.17. The van der Waals surface area contributed by atoms with E-state index in [1.807, 2.05) is 6.92 Å². The van der Waals surface area contributed by atoms with E-state index in [1.165, 1.54) is 0 Å². The lowest BCUT2D eigenvalue weighted by atomic mass is 9.94. The summed E-state index contributed by atoms with van der Waals surface area (Å²) in [4.78, 5) is 16.2.